The summed E-state index contributed by atoms with van der Waals surface area (Å²) in [7, 11) is 3.52. The van der Waals surface area contributed by atoms with Gasteiger partial charge in [-0.2, -0.15) is 13.2 Å². The Morgan fingerprint density at radius 1 is 0.961 bits per heavy atom. The van der Waals surface area contributed by atoms with Crippen molar-refractivity contribution in [1.82, 2.24) is 24.5 Å². The van der Waals surface area contributed by atoms with E-state index in [0.717, 1.165) is 69.2 Å². The average molecular weight is 752 g/mol. The lowest BCUT2D eigenvalue weighted by Gasteiger charge is -2.40. The lowest BCUT2D eigenvalue weighted by atomic mass is 9.91. The van der Waals surface area contributed by atoms with Crippen LogP contribution < -0.4 is 10.6 Å². The molecule has 280 valence electrons. The highest BCUT2D eigenvalue weighted by atomic mass is 35.5. The predicted molar refractivity (Wildman–Crippen MR) is 194 cm³/mol. The maximum atomic E-state index is 14.2. The molecule has 5 heterocycles. The van der Waals surface area contributed by atoms with E-state index in [0.29, 0.717) is 51.6 Å². The van der Waals surface area contributed by atoms with E-state index in [1.165, 1.54) is 13.1 Å². The molecule has 3 saturated heterocycles. The maximum absolute atomic E-state index is 14.2. The van der Waals surface area contributed by atoms with E-state index < -0.39 is 17.7 Å². The molecular formula is C36H49ClF3N7O3S. The Labute approximate surface area is 307 Å². The van der Waals surface area contributed by atoms with E-state index in [-0.39, 0.29) is 53.0 Å². The van der Waals surface area contributed by atoms with Crippen molar-refractivity contribution in [3.63, 3.8) is 0 Å². The largest absolute Gasteiger partial charge is 0.418 e. The van der Waals surface area contributed by atoms with Crippen LogP contribution in [0, 0.1) is 5.92 Å². The second kappa shape index (κ2) is 16.3. The Bertz CT molecular complexity index is 1560. The average Bonchev–Trinajstić information content (AvgIpc) is 3.34. The number of hydrogen-bond donors (Lipinski definition) is 2. The van der Waals surface area contributed by atoms with Crippen molar-refractivity contribution >= 4 is 52.2 Å². The van der Waals surface area contributed by atoms with Crippen LogP contribution in [0.4, 0.5) is 29.3 Å². The molecule has 4 aliphatic rings. The van der Waals surface area contributed by atoms with E-state index in [2.05, 4.69) is 32.9 Å². The summed E-state index contributed by atoms with van der Waals surface area (Å²) in [6.07, 6.45) is -0.0685. The maximum Gasteiger partial charge on any atom is 0.418 e. The summed E-state index contributed by atoms with van der Waals surface area (Å²) in [5.74, 6) is -1.25. The summed E-state index contributed by atoms with van der Waals surface area (Å²) in [6.45, 7) is 6.67. The number of urea groups is 1. The van der Waals surface area contributed by atoms with Gasteiger partial charge < -0.3 is 30.2 Å². The van der Waals surface area contributed by atoms with Gasteiger partial charge in [0.25, 0.3) is 0 Å². The summed E-state index contributed by atoms with van der Waals surface area (Å²) in [4.78, 5) is 51.4. The molecule has 4 amide bonds. The molecule has 4 aliphatic heterocycles. The van der Waals surface area contributed by atoms with Gasteiger partial charge in [0, 0.05) is 76.7 Å². The van der Waals surface area contributed by atoms with Gasteiger partial charge in [-0.05, 0) is 93.7 Å². The summed E-state index contributed by atoms with van der Waals surface area (Å²) >= 11 is 7.90. The molecule has 3 fully saturated rings. The third-order valence-corrected chi connectivity index (χ3v) is 12.2. The van der Waals surface area contributed by atoms with Crippen molar-refractivity contribution in [1.29, 1.82) is 0 Å². The van der Waals surface area contributed by atoms with Crippen molar-refractivity contribution in [3.8, 4) is 0 Å². The van der Waals surface area contributed by atoms with Gasteiger partial charge in [-0.1, -0.05) is 11.6 Å². The van der Waals surface area contributed by atoms with Gasteiger partial charge in [0.05, 0.1) is 27.9 Å². The van der Waals surface area contributed by atoms with Crippen molar-refractivity contribution in [3.05, 3.63) is 44.6 Å². The number of amides is 4. The van der Waals surface area contributed by atoms with Crippen molar-refractivity contribution in [2.24, 2.45) is 5.92 Å². The zero-order valence-electron chi connectivity index (χ0n) is 29.4. The molecule has 2 N–H and O–H groups in total. The minimum absolute atomic E-state index is 0.0151. The number of benzene rings is 1. The SMILES string of the molecule is CNc1c(Cl)cc(C[C@@H](CC(=O)N2CCC(N3CCc4cscc4NC3=O)CC2)C(=O)N2CCC(N3CCCN(C)CC3)CC2)cc1C(F)(F)F. The fourth-order valence-corrected chi connectivity index (χ4v) is 9.36. The molecule has 15 heteroatoms. The second-order valence-corrected chi connectivity index (χ2v) is 15.5. The monoisotopic (exact) mass is 751 g/mol. The first-order valence-electron chi connectivity index (χ1n) is 18.1. The molecule has 51 heavy (non-hydrogen) atoms. The molecule has 1 aromatic carbocycles. The highest BCUT2D eigenvalue weighted by molar-refractivity contribution is 7.08. The summed E-state index contributed by atoms with van der Waals surface area (Å²) in [5, 5.41) is 9.48. The first-order valence-corrected chi connectivity index (χ1v) is 19.4. The first-order chi connectivity index (χ1) is 24.4. The second-order valence-electron chi connectivity index (χ2n) is 14.4. The number of anilines is 2. The number of hydrogen-bond acceptors (Lipinski definition) is 7. The smallest absolute Gasteiger partial charge is 0.386 e. The standard InChI is InChI=1S/C36H49ClF3N7O3S/c1-41-33-29(36(38,39)40)19-24(20-30(33)37)18-26(34(49)46-13-5-27(6-14-46)44-10-3-9-43(2)16-17-44)21-32(48)45-11-7-28(8-12-45)47-15-4-25-22-51-23-31(25)42-35(47)50/h19-20,22-23,26-28,41H,3-18,21H2,1-2H3,(H,42,50)/t26-/m0/s1. The van der Waals surface area contributed by atoms with Gasteiger partial charge in [0.1, 0.15) is 0 Å². The van der Waals surface area contributed by atoms with Gasteiger partial charge in [-0.15, -0.1) is 11.3 Å². The first kappa shape index (κ1) is 37.7. The number of likely N-dealkylation sites (tertiary alicyclic amines) is 2. The third-order valence-electron chi connectivity index (χ3n) is 11.1. The van der Waals surface area contributed by atoms with Gasteiger partial charge >= 0.3 is 12.2 Å². The highest BCUT2D eigenvalue weighted by Gasteiger charge is 2.38. The number of alkyl halides is 3. The predicted octanol–water partition coefficient (Wildman–Crippen LogP) is 5.72. The molecular weight excluding hydrogens is 703 g/mol. The molecule has 6 rings (SSSR count). The number of piperidine rings is 2. The lowest BCUT2D eigenvalue weighted by Crippen LogP contribution is -2.51. The van der Waals surface area contributed by atoms with Crippen molar-refractivity contribution in [2.45, 2.75) is 69.6 Å². The van der Waals surface area contributed by atoms with Gasteiger partial charge in [0.15, 0.2) is 0 Å². The van der Waals surface area contributed by atoms with Crippen LogP contribution >= 0.6 is 22.9 Å². The van der Waals surface area contributed by atoms with Crippen LogP contribution in [0.25, 0.3) is 0 Å². The van der Waals surface area contributed by atoms with Crippen LogP contribution in [-0.4, -0.2) is 127 Å². The summed E-state index contributed by atoms with van der Waals surface area (Å²) in [5.41, 5.74) is 1.13. The number of nitrogens with one attached hydrogen (secondary N) is 2. The Balaban J connectivity index is 1.13. The number of thiophene rings is 1. The Morgan fingerprint density at radius 3 is 2.37 bits per heavy atom. The van der Waals surface area contributed by atoms with Crippen LogP contribution in [0.1, 0.15) is 55.2 Å². The zero-order chi connectivity index (χ0) is 36.3. The van der Waals surface area contributed by atoms with Crippen molar-refractivity contribution in [2.75, 3.05) is 83.6 Å². The number of rotatable bonds is 8. The molecule has 0 spiro atoms. The molecule has 2 aromatic rings. The van der Waals surface area contributed by atoms with E-state index in [1.54, 1.807) is 21.1 Å². The Morgan fingerprint density at radius 2 is 1.67 bits per heavy atom. The minimum Gasteiger partial charge on any atom is -0.386 e. The minimum atomic E-state index is -4.66. The van der Waals surface area contributed by atoms with Crippen LogP contribution in [0.2, 0.25) is 5.02 Å². The number of nitrogens with zero attached hydrogens (tertiary/aromatic N) is 5. The van der Waals surface area contributed by atoms with E-state index in [4.69, 9.17) is 11.6 Å². The third kappa shape index (κ3) is 8.94. The van der Waals surface area contributed by atoms with E-state index in [9.17, 15) is 27.6 Å². The molecule has 0 bridgehead atoms. The fourth-order valence-electron chi connectivity index (χ4n) is 8.20. The van der Waals surface area contributed by atoms with E-state index >= 15 is 0 Å². The molecule has 0 unspecified atom stereocenters. The zero-order valence-corrected chi connectivity index (χ0v) is 31.0. The molecule has 0 saturated carbocycles. The van der Waals surface area contributed by atoms with Gasteiger partial charge in [-0.25, -0.2) is 4.79 Å². The Hall–Kier alpha value is -3.07. The summed E-state index contributed by atoms with van der Waals surface area (Å²) < 4.78 is 42.2. The lowest BCUT2D eigenvalue weighted by molar-refractivity contribution is -0.143. The van der Waals surface area contributed by atoms with Gasteiger partial charge in [0.2, 0.25) is 11.8 Å². The van der Waals surface area contributed by atoms with Crippen LogP contribution in [0.5, 0.6) is 0 Å². The molecule has 0 aliphatic carbocycles. The number of carbonyl (C=O) groups is 3. The normalized spacial score (nSPS) is 21.1. The summed E-state index contributed by atoms with van der Waals surface area (Å²) in [6, 6.07) is 2.74. The number of likely N-dealkylation sites (N-methyl/N-ethyl adjacent to an activating group) is 1. The molecule has 1 aromatic heterocycles. The molecule has 0 radical (unpaired) electrons. The fraction of sp³-hybridized carbons (Fsp3) is 0.639. The highest BCUT2D eigenvalue weighted by Crippen LogP contribution is 2.40. The van der Waals surface area contributed by atoms with Crippen LogP contribution in [0.3, 0.4) is 0 Å². The van der Waals surface area contributed by atoms with E-state index in [1.807, 2.05) is 10.3 Å². The van der Waals surface area contributed by atoms with Crippen LogP contribution in [0.15, 0.2) is 22.9 Å². The van der Waals surface area contributed by atoms with Gasteiger partial charge in [-0.3, -0.25) is 14.5 Å². The molecule has 1 atom stereocenters. The molecule has 10 nitrogen and oxygen atoms in total. The van der Waals surface area contributed by atoms with Crippen molar-refractivity contribution < 1.29 is 27.6 Å². The quantitative estimate of drug-likeness (QED) is 0.359. The van der Waals surface area contributed by atoms with Crippen LogP contribution in [-0.2, 0) is 28.6 Å². The number of fused-ring (bicyclic) bond motifs is 1. The number of carbonyl (C=O) groups excluding carboxylic acids is 3. The topological polar surface area (TPSA) is 91.5 Å². The Kier molecular flexibility index (Phi) is 12.0. The number of halogens is 4.